The fourth-order valence-corrected chi connectivity index (χ4v) is 1.93. The van der Waals surface area contributed by atoms with Gasteiger partial charge in [-0.1, -0.05) is 0 Å². The Kier molecular flexibility index (Phi) is 2.87. The van der Waals surface area contributed by atoms with Crippen molar-refractivity contribution in [3.05, 3.63) is 23.7 Å². The Hall–Kier alpha value is -0.830. The molecule has 1 aliphatic rings. The summed E-state index contributed by atoms with van der Waals surface area (Å²) in [7, 11) is 0. The summed E-state index contributed by atoms with van der Waals surface area (Å²) in [6, 6.07) is 2.28. The van der Waals surface area contributed by atoms with E-state index in [2.05, 4.69) is 5.32 Å². The summed E-state index contributed by atoms with van der Waals surface area (Å²) in [5.74, 6) is 0.965. The number of nitrogens with one attached hydrogen (secondary N) is 1. The first-order valence-corrected chi connectivity index (χ1v) is 5.16. The molecule has 0 amide bonds. The monoisotopic (exact) mass is 197 g/mol. The Morgan fingerprint density at radius 3 is 3.00 bits per heavy atom. The van der Waals surface area contributed by atoms with Gasteiger partial charge in [-0.3, -0.25) is 0 Å². The van der Waals surface area contributed by atoms with E-state index >= 15 is 0 Å². The van der Waals surface area contributed by atoms with E-state index in [1.807, 2.05) is 13.0 Å². The van der Waals surface area contributed by atoms with Crippen LogP contribution in [0.5, 0.6) is 0 Å². The Morgan fingerprint density at radius 2 is 2.43 bits per heavy atom. The average Bonchev–Trinajstić information content (AvgIpc) is 2.72. The van der Waals surface area contributed by atoms with Crippen LogP contribution >= 0.6 is 0 Å². The second kappa shape index (κ2) is 4.13. The van der Waals surface area contributed by atoms with Gasteiger partial charge < -0.3 is 9.73 Å². The molecular formula is C11H16FNO. The molecule has 78 valence electrons. The number of aryl methyl sites for hydroxylation is 1. The molecule has 1 saturated carbocycles. The highest BCUT2D eigenvalue weighted by Crippen LogP contribution is 2.22. The van der Waals surface area contributed by atoms with Crippen molar-refractivity contribution in [2.75, 3.05) is 0 Å². The zero-order valence-electron chi connectivity index (χ0n) is 8.42. The lowest BCUT2D eigenvalue weighted by Gasteiger charge is -2.10. The van der Waals surface area contributed by atoms with Crippen molar-refractivity contribution >= 4 is 0 Å². The zero-order chi connectivity index (χ0) is 9.97. The van der Waals surface area contributed by atoms with Crippen LogP contribution in [0.15, 0.2) is 16.7 Å². The first-order chi connectivity index (χ1) is 6.75. The minimum atomic E-state index is -0.606. The summed E-state index contributed by atoms with van der Waals surface area (Å²) >= 11 is 0. The van der Waals surface area contributed by atoms with Gasteiger partial charge in [-0.05, 0) is 37.8 Å². The molecule has 0 spiro atoms. The number of hydrogen-bond acceptors (Lipinski definition) is 2. The molecule has 1 aromatic heterocycles. The number of hydrogen-bond donors (Lipinski definition) is 1. The van der Waals surface area contributed by atoms with Crippen LogP contribution in [0.2, 0.25) is 0 Å². The van der Waals surface area contributed by atoms with Crippen LogP contribution in [0, 0.1) is 6.92 Å². The molecule has 1 fully saturated rings. The molecule has 3 heteroatoms. The van der Waals surface area contributed by atoms with Gasteiger partial charge in [0.1, 0.15) is 11.9 Å². The Balaban J connectivity index is 1.80. The van der Waals surface area contributed by atoms with Gasteiger partial charge in [-0.15, -0.1) is 0 Å². The number of furan rings is 1. The van der Waals surface area contributed by atoms with Crippen molar-refractivity contribution in [3.8, 4) is 0 Å². The lowest BCUT2D eigenvalue weighted by molar-refractivity contribution is 0.331. The molecule has 1 aliphatic carbocycles. The van der Waals surface area contributed by atoms with E-state index in [1.165, 1.54) is 0 Å². The fourth-order valence-electron chi connectivity index (χ4n) is 1.93. The van der Waals surface area contributed by atoms with E-state index < -0.39 is 6.17 Å². The smallest absolute Gasteiger partial charge is 0.120 e. The molecule has 0 aromatic carbocycles. The maximum absolute atomic E-state index is 12.9. The highest BCUT2D eigenvalue weighted by atomic mass is 19.1. The average molecular weight is 197 g/mol. The molecule has 1 heterocycles. The molecule has 0 aliphatic heterocycles. The largest absolute Gasteiger partial charge is 0.468 e. The first kappa shape index (κ1) is 9.71. The molecular weight excluding hydrogens is 181 g/mol. The normalized spacial score (nSPS) is 27.0. The lowest BCUT2D eigenvalue weighted by atomic mass is 10.2. The van der Waals surface area contributed by atoms with Crippen molar-refractivity contribution in [1.82, 2.24) is 5.32 Å². The third-order valence-corrected chi connectivity index (χ3v) is 2.89. The van der Waals surface area contributed by atoms with Crippen LogP contribution in [-0.2, 0) is 6.54 Å². The van der Waals surface area contributed by atoms with Crippen LogP contribution < -0.4 is 5.32 Å². The Bertz CT molecular complexity index is 297. The predicted octanol–water partition coefficient (Wildman–Crippen LogP) is 2.57. The summed E-state index contributed by atoms with van der Waals surface area (Å²) < 4.78 is 18.2. The summed E-state index contributed by atoms with van der Waals surface area (Å²) in [6.45, 7) is 2.74. The predicted molar refractivity (Wildman–Crippen MR) is 52.8 cm³/mol. The van der Waals surface area contributed by atoms with Crippen LogP contribution in [0.25, 0.3) is 0 Å². The summed E-state index contributed by atoms with van der Waals surface area (Å²) in [5.41, 5.74) is 1.16. The molecule has 2 unspecified atom stereocenters. The number of alkyl halides is 1. The molecule has 2 atom stereocenters. The molecule has 0 saturated heterocycles. The quantitative estimate of drug-likeness (QED) is 0.805. The molecule has 14 heavy (non-hydrogen) atoms. The topological polar surface area (TPSA) is 25.2 Å². The lowest BCUT2D eigenvalue weighted by Crippen LogP contribution is -2.26. The van der Waals surface area contributed by atoms with E-state index in [-0.39, 0.29) is 0 Å². The molecule has 1 N–H and O–H groups in total. The summed E-state index contributed by atoms with van der Waals surface area (Å²) in [6.07, 6.45) is 3.39. The van der Waals surface area contributed by atoms with Crippen LogP contribution in [0.4, 0.5) is 4.39 Å². The van der Waals surface area contributed by atoms with Gasteiger partial charge in [0, 0.05) is 6.04 Å². The van der Waals surface area contributed by atoms with Gasteiger partial charge in [0.15, 0.2) is 0 Å². The van der Waals surface area contributed by atoms with E-state index in [0.29, 0.717) is 18.9 Å². The molecule has 2 rings (SSSR count). The van der Waals surface area contributed by atoms with Crippen molar-refractivity contribution in [2.24, 2.45) is 0 Å². The van der Waals surface area contributed by atoms with Crippen molar-refractivity contribution in [3.63, 3.8) is 0 Å². The third-order valence-electron chi connectivity index (χ3n) is 2.89. The van der Waals surface area contributed by atoms with Crippen molar-refractivity contribution < 1.29 is 8.81 Å². The van der Waals surface area contributed by atoms with Gasteiger partial charge in [0.25, 0.3) is 0 Å². The molecule has 0 radical (unpaired) electrons. The standard InChI is InChI=1S/C11H16FNO/c1-8-4-5-14-11(8)7-13-10-3-2-9(12)6-10/h4-5,9-10,13H,2-3,6-7H2,1H3. The van der Waals surface area contributed by atoms with Gasteiger partial charge in [-0.2, -0.15) is 0 Å². The maximum Gasteiger partial charge on any atom is 0.120 e. The van der Waals surface area contributed by atoms with E-state index in [9.17, 15) is 4.39 Å². The van der Waals surface area contributed by atoms with Crippen LogP contribution in [0.3, 0.4) is 0 Å². The fraction of sp³-hybridized carbons (Fsp3) is 0.636. The van der Waals surface area contributed by atoms with Gasteiger partial charge in [-0.25, -0.2) is 4.39 Å². The third kappa shape index (κ3) is 2.15. The Morgan fingerprint density at radius 1 is 1.57 bits per heavy atom. The van der Waals surface area contributed by atoms with Gasteiger partial charge in [0.2, 0.25) is 0 Å². The SMILES string of the molecule is Cc1ccoc1CNC1CCC(F)C1. The highest BCUT2D eigenvalue weighted by Gasteiger charge is 2.23. The van der Waals surface area contributed by atoms with Gasteiger partial charge >= 0.3 is 0 Å². The molecule has 0 bridgehead atoms. The summed E-state index contributed by atoms with van der Waals surface area (Å²) in [4.78, 5) is 0. The molecule has 2 nitrogen and oxygen atoms in total. The van der Waals surface area contributed by atoms with Crippen LogP contribution in [0.1, 0.15) is 30.6 Å². The maximum atomic E-state index is 12.9. The second-order valence-electron chi connectivity index (χ2n) is 4.01. The van der Waals surface area contributed by atoms with Gasteiger partial charge in [0.05, 0.1) is 12.8 Å². The number of rotatable bonds is 3. The highest BCUT2D eigenvalue weighted by molar-refractivity contribution is 5.14. The zero-order valence-corrected chi connectivity index (χ0v) is 8.42. The van der Waals surface area contributed by atoms with Crippen molar-refractivity contribution in [1.29, 1.82) is 0 Å². The minimum Gasteiger partial charge on any atom is -0.468 e. The molecule has 1 aromatic rings. The van der Waals surface area contributed by atoms with E-state index in [4.69, 9.17) is 4.42 Å². The number of halogens is 1. The van der Waals surface area contributed by atoms with E-state index in [0.717, 1.165) is 24.3 Å². The van der Waals surface area contributed by atoms with Crippen LogP contribution in [-0.4, -0.2) is 12.2 Å². The van der Waals surface area contributed by atoms with E-state index in [1.54, 1.807) is 6.26 Å². The first-order valence-electron chi connectivity index (χ1n) is 5.16. The second-order valence-corrected chi connectivity index (χ2v) is 4.01. The Labute approximate surface area is 83.5 Å². The van der Waals surface area contributed by atoms with Crippen molar-refractivity contribution in [2.45, 2.75) is 44.9 Å². The minimum absolute atomic E-state index is 0.328. The summed E-state index contributed by atoms with van der Waals surface area (Å²) in [5, 5.41) is 3.32.